The Balaban J connectivity index is 1.74. The fourth-order valence-electron chi connectivity index (χ4n) is 2.16. The van der Waals surface area contributed by atoms with Gasteiger partial charge in [-0.25, -0.2) is 8.42 Å². The molecule has 0 saturated heterocycles. The number of azo groups is 1. The third kappa shape index (κ3) is 3.92. The summed E-state index contributed by atoms with van der Waals surface area (Å²) in [6.45, 7) is 1.70. The normalized spacial score (nSPS) is 11.8. The van der Waals surface area contributed by atoms with Crippen LogP contribution in [-0.4, -0.2) is 18.2 Å². The molecule has 3 rings (SSSR count). The largest absolute Gasteiger partial charge is 0.280 e. The zero-order valence-electron chi connectivity index (χ0n) is 13.8. The van der Waals surface area contributed by atoms with Gasteiger partial charge in [-0.05, 0) is 43.3 Å². The standard InChI is InChI=1S/C17H17N5O2S/c1-13-17(12-18-22(13)2)25(23,24)21-16-10-8-15(9-11-16)20-19-14-6-4-3-5-7-14/h3-12,21H,1-2H3. The van der Waals surface area contributed by atoms with Crippen molar-refractivity contribution in [2.75, 3.05) is 4.72 Å². The molecule has 0 bridgehead atoms. The number of nitrogens with zero attached hydrogens (tertiary/aromatic N) is 4. The van der Waals surface area contributed by atoms with E-state index in [-0.39, 0.29) is 4.90 Å². The van der Waals surface area contributed by atoms with Crippen molar-refractivity contribution in [3.8, 4) is 0 Å². The molecule has 0 atom stereocenters. The maximum Gasteiger partial charge on any atom is 0.265 e. The molecular weight excluding hydrogens is 338 g/mol. The van der Waals surface area contributed by atoms with Crippen LogP contribution >= 0.6 is 0 Å². The van der Waals surface area contributed by atoms with Crippen LogP contribution in [0.3, 0.4) is 0 Å². The van der Waals surface area contributed by atoms with Crippen molar-refractivity contribution in [3.63, 3.8) is 0 Å². The quantitative estimate of drug-likeness (QED) is 0.703. The van der Waals surface area contributed by atoms with E-state index in [2.05, 4.69) is 20.0 Å². The van der Waals surface area contributed by atoms with Crippen molar-refractivity contribution in [2.45, 2.75) is 11.8 Å². The molecule has 25 heavy (non-hydrogen) atoms. The van der Waals surface area contributed by atoms with E-state index < -0.39 is 10.0 Å². The van der Waals surface area contributed by atoms with E-state index in [1.165, 1.54) is 10.9 Å². The molecule has 3 aromatic rings. The van der Waals surface area contributed by atoms with Crippen LogP contribution in [0, 0.1) is 6.92 Å². The molecule has 1 aromatic heterocycles. The lowest BCUT2D eigenvalue weighted by Gasteiger charge is -2.07. The van der Waals surface area contributed by atoms with Crippen molar-refractivity contribution >= 4 is 27.1 Å². The summed E-state index contributed by atoms with van der Waals surface area (Å²) in [5, 5.41) is 12.2. The number of aromatic nitrogens is 2. The van der Waals surface area contributed by atoms with E-state index in [4.69, 9.17) is 0 Å². The molecule has 2 aromatic carbocycles. The van der Waals surface area contributed by atoms with Crippen LogP contribution in [0.4, 0.5) is 17.1 Å². The van der Waals surface area contributed by atoms with Crippen molar-refractivity contribution in [3.05, 3.63) is 66.5 Å². The van der Waals surface area contributed by atoms with Gasteiger partial charge in [-0.1, -0.05) is 18.2 Å². The van der Waals surface area contributed by atoms with E-state index in [1.54, 1.807) is 38.2 Å². The lowest BCUT2D eigenvalue weighted by atomic mass is 10.3. The monoisotopic (exact) mass is 355 g/mol. The van der Waals surface area contributed by atoms with Gasteiger partial charge in [-0.2, -0.15) is 15.3 Å². The maximum absolute atomic E-state index is 12.4. The van der Waals surface area contributed by atoms with E-state index in [9.17, 15) is 8.42 Å². The lowest BCUT2D eigenvalue weighted by molar-refractivity contribution is 0.600. The highest BCUT2D eigenvalue weighted by molar-refractivity contribution is 7.92. The number of anilines is 1. The highest BCUT2D eigenvalue weighted by Crippen LogP contribution is 2.22. The van der Waals surface area contributed by atoms with E-state index in [0.717, 1.165) is 5.69 Å². The molecule has 0 saturated carbocycles. The molecule has 1 heterocycles. The molecule has 0 aliphatic heterocycles. The molecular formula is C17H17N5O2S. The average Bonchev–Trinajstić information content (AvgIpc) is 2.95. The Hall–Kier alpha value is -3.00. The number of aryl methyl sites for hydroxylation is 1. The minimum absolute atomic E-state index is 0.155. The minimum Gasteiger partial charge on any atom is -0.280 e. The Morgan fingerprint density at radius 3 is 2.12 bits per heavy atom. The first-order valence-electron chi connectivity index (χ1n) is 7.54. The summed E-state index contributed by atoms with van der Waals surface area (Å²) < 4.78 is 28.9. The number of benzene rings is 2. The fourth-order valence-corrected chi connectivity index (χ4v) is 3.42. The Kier molecular flexibility index (Phi) is 4.62. The predicted molar refractivity (Wildman–Crippen MR) is 95.8 cm³/mol. The molecule has 0 spiro atoms. The summed E-state index contributed by atoms with van der Waals surface area (Å²) in [5.74, 6) is 0. The topological polar surface area (TPSA) is 88.7 Å². The van der Waals surface area contributed by atoms with E-state index in [1.807, 2.05) is 30.3 Å². The molecule has 0 radical (unpaired) electrons. The number of rotatable bonds is 5. The SMILES string of the molecule is Cc1c(S(=O)(=O)Nc2ccc(N=Nc3ccccc3)cc2)cnn1C. The summed E-state index contributed by atoms with van der Waals surface area (Å²) in [7, 11) is -1.98. The van der Waals surface area contributed by atoms with Gasteiger partial charge in [-0.15, -0.1) is 0 Å². The summed E-state index contributed by atoms with van der Waals surface area (Å²) in [4.78, 5) is 0.155. The van der Waals surface area contributed by atoms with Crippen LogP contribution in [-0.2, 0) is 17.1 Å². The molecule has 128 valence electrons. The van der Waals surface area contributed by atoms with Gasteiger partial charge in [0.05, 0.1) is 23.3 Å². The van der Waals surface area contributed by atoms with Crippen molar-refractivity contribution in [1.29, 1.82) is 0 Å². The van der Waals surface area contributed by atoms with E-state index >= 15 is 0 Å². The Morgan fingerprint density at radius 2 is 1.56 bits per heavy atom. The summed E-state index contributed by atoms with van der Waals surface area (Å²) in [5.41, 5.74) is 2.39. The molecule has 0 unspecified atom stereocenters. The lowest BCUT2D eigenvalue weighted by Crippen LogP contribution is -2.13. The average molecular weight is 355 g/mol. The molecule has 0 aliphatic rings. The van der Waals surface area contributed by atoms with Crippen LogP contribution in [0.5, 0.6) is 0 Å². The van der Waals surface area contributed by atoms with Gasteiger partial charge < -0.3 is 0 Å². The van der Waals surface area contributed by atoms with Crippen LogP contribution in [0.1, 0.15) is 5.69 Å². The smallest absolute Gasteiger partial charge is 0.265 e. The third-order valence-corrected chi connectivity index (χ3v) is 5.12. The van der Waals surface area contributed by atoms with Gasteiger partial charge in [0, 0.05) is 12.7 Å². The van der Waals surface area contributed by atoms with Gasteiger partial charge in [-0.3, -0.25) is 9.40 Å². The zero-order valence-corrected chi connectivity index (χ0v) is 14.6. The summed E-state index contributed by atoms with van der Waals surface area (Å²) in [6.07, 6.45) is 1.33. The number of hydrogen-bond donors (Lipinski definition) is 1. The van der Waals surface area contributed by atoms with Gasteiger partial charge >= 0.3 is 0 Å². The second-order valence-electron chi connectivity index (χ2n) is 5.41. The van der Waals surface area contributed by atoms with Crippen LogP contribution in [0.15, 0.2) is 75.9 Å². The molecule has 7 nitrogen and oxygen atoms in total. The Bertz CT molecular complexity index is 993. The molecule has 0 fully saturated rings. The maximum atomic E-state index is 12.4. The predicted octanol–water partition coefficient (Wildman–Crippen LogP) is 3.94. The second kappa shape index (κ2) is 6.86. The molecule has 0 amide bonds. The van der Waals surface area contributed by atoms with Gasteiger partial charge in [0.2, 0.25) is 0 Å². The Morgan fingerprint density at radius 1 is 0.960 bits per heavy atom. The number of nitrogens with one attached hydrogen (secondary N) is 1. The highest BCUT2D eigenvalue weighted by atomic mass is 32.2. The van der Waals surface area contributed by atoms with Gasteiger partial charge in [0.25, 0.3) is 10.0 Å². The van der Waals surface area contributed by atoms with Crippen molar-refractivity contribution in [1.82, 2.24) is 9.78 Å². The van der Waals surface area contributed by atoms with Crippen LogP contribution in [0.25, 0.3) is 0 Å². The van der Waals surface area contributed by atoms with E-state index in [0.29, 0.717) is 17.1 Å². The van der Waals surface area contributed by atoms with Crippen LogP contribution in [0.2, 0.25) is 0 Å². The molecule has 8 heteroatoms. The summed E-state index contributed by atoms with van der Waals surface area (Å²) in [6, 6.07) is 16.0. The zero-order chi connectivity index (χ0) is 17.9. The second-order valence-corrected chi connectivity index (χ2v) is 7.06. The Labute approximate surface area is 146 Å². The number of sulfonamides is 1. The first-order chi connectivity index (χ1) is 12.0. The van der Waals surface area contributed by atoms with Gasteiger partial charge in [0.15, 0.2) is 0 Å². The van der Waals surface area contributed by atoms with Crippen molar-refractivity contribution < 1.29 is 8.42 Å². The molecule has 1 N–H and O–H groups in total. The minimum atomic E-state index is -3.68. The fraction of sp³-hybridized carbons (Fsp3) is 0.118. The third-order valence-electron chi connectivity index (χ3n) is 3.64. The van der Waals surface area contributed by atoms with Crippen molar-refractivity contribution in [2.24, 2.45) is 17.3 Å². The summed E-state index contributed by atoms with van der Waals surface area (Å²) >= 11 is 0. The highest BCUT2D eigenvalue weighted by Gasteiger charge is 2.19. The van der Waals surface area contributed by atoms with Crippen LogP contribution < -0.4 is 4.72 Å². The first-order valence-corrected chi connectivity index (χ1v) is 9.02. The number of hydrogen-bond acceptors (Lipinski definition) is 5. The molecule has 0 aliphatic carbocycles. The van der Waals surface area contributed by atoms with Gasteiger partial charge in [0.1, 0.15) is 4.90 Å². The first kappa shape index (κ1) is 16.8.